The molecule has 2 aromatic heterocycles. The van der Waals surface area contributed by atoms with E-state index in [9.17, 15) is 18.0 Å². The summed E-state index contributed by atoms with van der Waals surface area (Å²) in [4.78, 5) is 20.3. The number of aliphatic hydroxyl groups is 1. The largest absolute Gasteiger partial charge is 0.416 e. The van der Waals surface area contributed by atoms with E-state index in [1.54, 1.807) is 0 Å². The molecule has 0 radical (unpaired) electrons. The number of alkyl halides is 3. The van der Waals surface area contributed by atoms with E-state index in [4.69, 9.17) is 10.8 Å². The first-order valence-electron chi connectivity index (χ1n) is 8.64. The van der Waals surface area contributed by atoms with Crippen LogP contribution >= 0.6 is 0 Å². The lowest BCUT2D eigenvalue weighted by Gasteiger charge is -2.17. The van der Waals surface area contributed by atoms with Crippen LogP contribution in [0, 0.1) is 0 Å². The van der Waals surface area contributed by atoms with Gasteiger partial charge in [-0.1, -0.05) is 12.1 Å². The normalized spacial score (nSPS) is 14.3. The van der Waals surface area contributed by atoms with Gasteiger partial charge in [-0.05, 0) is 37.0 Å². The van der Waals surface area contributed by atoms with Crippen molar-refractivity contribution >= 4 is 16.7 Å². The minimum absolute atomic E-state index is 0.0318. The van der Waals surface area contributed by atoms with Gasteiger partial charge in [0.1, 0.15) is 11.2 Å². The van der Waals surface area contributed by atoms with E-state index in [1.807, 2.05) is 0 Å². The molecular formula is C19H19F3N4O2. The predicted molar refractivity (Wildman–Crippen MR) is 99.5 cm³/mol. The Morgan fingerprint density at radius 2 is 1.79 bits per heavy atom. The Morgan fingerprint density at radius 3 is 2.29 bits per heavy atom. The van der Waals surface area contributed by atoms with Gasteiger partial charge in [0.05, 0.1) is 23.5 Å². The Morgan fingerprint density at radius 1 is 1.18 bits per heavy atom. The van der Waals surface area contributed by atoms with Crippen molar-refractivity contribution in [1.29, 1.82) is 0 Å². The van der Waals surface area contributed by atoms with Gasteiger partial charge in [-0.25, -0.2) is 9.97 Å². The summed E-state index contributed by atoms with van der Waals surface area (Å²) in [5, 5.41) is 8.59. The first-order valence-corrected chi connectivity index (χ1v) is 8.64. The number of aliphatic hydroxyl groups excluding tert-OH is 1. The third kappa shape index (κ3) is 3.99. The van der Waals surface area contributed by atoms with E-state index >= 15 is 0 Å². The molecule has 0 saturated heterocycles. The summed E-state index contributed by atoms with van der Waals surface area (Å²) in [6.45, 7) is 0. The number of fused-ring (bicyclic) bond motifs is 1. The van der Waals surface area contributed by atoms with E-state index in [0.29, 0.717) is 16.6 Å². The van der Waals surface area contributed by atoms with Crippen LogP contribution in [0.25, 0.3) is 22.0 Å². The molecule has 0 amide bonds. The molecule has 0 atom stereocenters. The van der Waals surface area contributed by atoms with Crippen molar-refractivity contribution in [1.82, 2.24) is 14.5 Å². The fourth-order valence-electron chi connectivity index (χ4n) is 2.67. The van der Waals surface area contributed by atoms with Crippen LogP contribution in [0.3, 0.4) is 0 Å². The second-order valence-electron chi connectivity index (χ2n) is 6.60. The average molecular weight is 392 g/mol. The third-order valence-electron chi connectivity index (χ3n) is 4.57. The second kappa shape index (κ2) is 7.59. The molecule has 3 aromatic rings. The van der Waals surface area contributed by atoms with Crippen LogP contribution in [0.1, 0.15) is 24.8 Å². The van der Waals surface area contributed by atoms with E-state index in [1.165, 1.54) is 42.7 Å². The van der Waals surface area contributed by atoms with Crippen LogP contribution in [0.5, 0.6) is 0 Å². The van der Waals surface area contributed by atoms with Gasteiger partial charge in [0.25, 0.3) is 5.56 Å². The number of benzene rings is 1. The Bertz CT molecular complexity index is 1040. The monoisotopic (exact) mass is 392 g/mol. The van der Waals surface area contributed by atoms with Crippen LogP contribution in [0.2, 0.25) is 0 Å². The molecule has 0 spiro atoms. The number of pyridine rings is 1. The molecule has 0 unspecified atom stereocenters. The zero-order valence-corrected chi connectivity index (χ0v) is 15.1. The van der Waals surface area contributed by atoms with Gasteiger partial charge < -0.3 is 15.4 Å². The molecule has 2 heterocycles. The van der Waals surface area contributed by atoms with Crippen molar-refractivity contribution in [2.75, 3.05) is 5.73 Å². The summed E-state index contributed by atoms with van der Waals surface area (Å²) in [7, 11) is 1.53. The Kier molecular flexibility index (Phi) is 5.37. The quantitative estimate of drug-likeness (QED) is 0.664. The first-order chi connectivity index (χ1) is 13.2. The standard InChI is InChI=1S/C15H11F3N4O.C4H8O/c1-22-7-21-12-10(6-20-13(19)11(12)14(22)23)8-2-4-9(5-3-8)15(16,17)18;5-4-2-1-3-4/h2-7H,1H3,(H2,19,20);4-5H,1-3H2. The van der Waals surface area contributed by atoms with Crippen molar-refractivity contribution in [2.45, 2.75) is 31.5 Å². The molecule has 4 rings (SSSR count). The molecule has 1 aromatic carbocycles. The van der Waals surface area contributed by atoms with Crippen molar-refractivity contribution in [3.05, 3.63) is 52.7 Å². The number of aromatic nitrogens is 3. The van der Waals surface area contributed by atoms with Gasteiger partial charge in [-0.3, -0.25) is 4.79 Å². The Hall–Kier alpha value is -2.94. The van der Waals surface area contributed by atoms with Crippen LogP contribution in [0.4, 0.5) is 19.0 Å². The minimum Gasteiger partial charge on any atom is -0.393 e. The van der Waals surface area contributed by atoms with Gasteiger partial charge in [-0.2, -0.15) is 13.2 Å². The van der Waals surface area contributed by atoms with Gasteiger partial charge in [0.15, 0.2) is 0 Å². The summed E-state index contributed by atoms with van der Waals surface area (Å²) < 4.78 is 39.2. The molecule has 6 nitrogen and oxygen atoms in total. The van der Waals surface area contributed by atoms with Crippen LogP contribution < -0.4 is 11.3 Å². The molecule has 0 aliphatic heterocycles. The van der Waals surface area contributed by atoms with Crippen LogP contribution in [-0.2, 0) is 13.2 Å². The maximum atomic E-state index is 12.6. The third-order valence-corrected chi connectivity index (χ3v) is 4.57. The predicted octanol–water partition coefficient (Wildman–Crippen LogP) is 3.13. The van der Waals surface area contributed by atoms with E-state index in [0.717, 1.165) is 25.0 Å². The molecule has 148 valence electrons. The first kappa shape index (κ1) is 19.8. The molecular weight excluding hydrogens is 373 g/mol. The topological polar surface area (TPSA) is 94.0 Å². The molecule has 1 aliphatic carbocycles. The number of nitrogens with zero attached hydrogens (tertiary/aromatic N) is 3. The number of rotatable bonds is 1. The van der Waals surface area contributed by atoms with Crippen LogP contribution in [0.15, 0.2) is 41.6 Å². The van der Waals surface area contributed by atoms with Crippen molar-refractivity contribution in [3.8, 4) is 11.1 Å². The number of nitrogen functional groups attached to an aromatic ring is 1. The van der Waals surface area contributed by atoms with E-state index in [2.05, 4.69) is 9.97 Å². The number of aryl methyl sites for hydroxylation is 1. The minimum atomic E-state index is -4.41. The summed E-state index contributed by atoms with van der Waals surface area (Å²) >= 11 is 0. The summed E-state index contributed by atoms with van der Waals surface area (Å²) in [5.74, 6) is 0.0318. The zero-order chi connectivity index (χ0) is 20.5. The lowest BCUT2D eigenvalue weighted by Crippen LogP contribution is -2.19. The highest BCUT2D eigenvalue weighted by Gasteiger charge is 2.30. The highest BCUT2D eigenvalue weighted by Crippen LogP contribution is 2.32. The van der Waals surface area contributed by atoms with Gasteiger partial charge >= 0.3 is 6.18 Å². The van der Waals surface area contributed by atoms with E-state index < -0.39 is 11.7 Å². The van der Waals surface area contributed by atoms with Crippen LogP contribution in [-0.4, -0.2) is 25.7 Å². The lowest BCUT2D eigenvalue weighted by molar-refractivity contribution is -0.137. The lowest BCUT2D eigenvalue weighted by atomic mass is 9.97. The molecule has 9 heteroatoms. The zero-order valence-electron chi connectivity index (χ0n) is 15.1. The highest BCUT2D eigenvalue weighted by atomic mass is 19.4. The van der Waals surface area contributed by atoms with E-state index in [-0.39, 0.29) is 22.9 Å². The highest BCUT2D eigenvalue weighted by molar-refractivity contribution is 5.97. The molecule has 1 aliphatic rings. The molecule has 1 saturated carbocycles. The average Bonchev–Trinajstić information content (AvgIpc) is 2.63. The second-order valence-corrected chi connectivity index (χ2v) is 6.60. The summed E-state index contributed by atoms with van der Waals surface area (Å²) in [6.07, 6.45) is 1.70. The Balaban J connectivity index is 0.000000391. The number of hydrogen-bond donors (Lipinski definition) is 2. The molecule has 0 bridgehead atoms. The summed E-state index contributed by atoms with van der Waals surface area (Å²) in [6, 6.07) is 4.57. The molecule has 3 N–H and O–H groups in total. The number of hydrogen-bond acceptors (Lipinski definition) is 5. The van der Waals surface area contributed by atoms with Crippen molar-refractivity contribution in [3.63, 3.8) is 0 Å². The SMILES string of the molecule is Cn1cnc2c(-c3ccc(C(F)(F)F)cc3)cnc(N)c2c1=O.OC1CCC1. The number of halogens is 3. The Labute approximate surface area is 158 Å². The molecule has 1 fully saturated rings. The maximum absolute atomic E-state index is 12.6. The van der Waals surface area contributed by atoms with Gasteiger partial charge in [0, 0.05) is 18.8 Å². The fraction of sp³-hybridized carbons (Fsp3) is 0.316. The smallest absolute Gasteiger partial charge is 0.393 e. The molecule has 28 heavy (non-hydrogen) atoms. The van der Waals surface area contributed by atoms with Crippen molar-refractivity contribution < 1.29 is 18.3 Å². The summed E-state index contributed by atoms with van der Waals surface area (Å²) in [5.41, 5.74) is 5.84. The maximum Gasteiger partial charge on any atom is 0.416 e. The number of anilines is 1. The fourth-order valence-corrected chi connectivity index (χ4v) is 2.67. The van der Waals surface area contributed by atoms with Gasteiger partial charge in [0.2, 0.25) is 0 Å². The van der Waals surface area contributed by atoms with Gasteiger partial charge in [-0.15, -0.1) is 0 Å². The number of nitrogens with two attached hydrogens (primary N) is 1. The van der Waals surface area contributed by atoms with Crippen molar-refractivity contribution in [2.24, 2.45) is 7.05 Å².